The summed E-state index contributed by atoms with van der Waals surface area (Å²) in [5.41, 5.74) is 1.19. The van der Waals surface area contributed by atoms with Gasteiger partial charge in [-0.3, -0.25) is 10.1 Å². The van der Waals surface area contributed by atoms with Crippen LogP contribution >= 0.6 is 0 Å². The van der Waals surface area contributed by atoms with Crippen molar-refractivity contribution in [2.45, 2.75) is 6.42 Å². The molecule has 0 aliphatic rings. The average Bonchev–Trinajstić information content (AvgIpc) is 2.84. The zero-order valence-electron chi connectivity index (χ0n) is 11.4. The van der Waals surface area contributed by atoms with Crippen LogP contribution in [0.3, 0.4) is 0 Å². The van der Waals surface area contributed by atoms with E-state index >= 15 is 0 Å². The highest BCUT2D eigenvalue weighted by molar-refractivity contribution is 5.91. The first-order valence-electron chi connectivity index (χ1n) is 6.49. The first-order chi connectivity index (χ1) is 10.5. The number of hydrogen-bond donors (Lipinski definition) is 1. The van der Waals surface area contributed by atoms with Gasteiger partial charge < -0.3 is 9.52 Å². The SMILES string of the molecule is [CH2]Cc1c(-c2ccc(F)cc2)oc2cc([N+](=O)[O-])c(O)cc12. The Morgan fingerprint density at radius 2 is 1.95 bits per heavy atom. The Hall–Kier alpha value is -2.89. The summed E-state index contributed by atoms with van der Waals surface area (Å²) in [5.74, 6) is -0.340. The van der Waals surface area contributed by atoms with Crippen molar-refractivity contribution in [1.82, 2.24) is 0 Å². The van der Waals surface area contributed by atoms with E-state index in [1.165, 1.54) is 24.3 Å². The van der Waals surface area contributed by atoms with Crippen LogP contribution in [0.5, 0.6) is 5.75 Å². The van der Waals surface area contributed by atoms with Crippen molar-refractivity contribution < 1.29 is 18.8 Å². The van der Waals surface area contributed by atoms with Gasteiger partial charge in [0.15, 0.2) is 5.75 Å². The predicted molar refractivity (Wildman–Crippen MR) is 79.0 cm³/mol. The van der Waals surface area contributed by atoms with Gasteiger partial charge in [-0.05, 0) is 43.7 Å². The summed E-state index contributed by atoms with van der Waals surface area (Å²) in [7, 11) is 0. The zero-order valence-corrected chi connectivity index (χ0v) is 11.4. The van der Waals surface area contributed by atoms with Crippen molar-refractivity contribution in [3.8, 4) is 17.1 Å². The molecule has 0 amide bonds. The van der Waals surface area contributed by atoms with Gasteiger partial charge in [-0.2, -0.15) is 0 Å². The third-order valence-electron chi connectivity index (χ3n) is 3.44. The number of furan rings is 1. The minimum absolute atomic E-state index is 0.280. The molecular weight excluding hydrogens is 289 g/mol. The third-order valence-corrected chi connectivity index (χ3v) is 3.44. The number of rotatable bonds is 3. The van der Waals surface area contributed by atoms with E-state index in [4.69, 9.17) is 4.42 Å². The highest BCUT2D eigenvalue weighted by Crippen LogP contribution is 2.39. The van der Waals surface area contributed by atoms with E-state index in [0.29, 0.717) is 28.7 Å². The van der Waals surface area contributed by atoms with Crippen molar-refractivity contribution in [3.63, 3.8) is 0 Å². The number of benzene rings is 2. The van der Waals surface area contributed by atoms with E-state index in [-0.39, 0.29) is 11.4 Å². The van der Waals surface area contributed by atoms with Crippen molar-refractivity contribution in [1.29, 1.82) is 0 Å². The predicted octanol–water partition coefficient (Wildman–Crippen LogP) is 4.23. The summed E-state index contributed by atoms with van der Waals surface area (Å²) >= 11 is 0. The Bertz CT molecular complexity index is 868. The van der Waals surface area contributed by atoms with E-state index in [0.717, 1.165) is 0 Å². The Morgan fingerprint density at radius 3 is 2.55 bits per heavy atom. The largest absolute Gasteiger partial charge is 0.502 e. The first kappa shape index (κ1) is 14.1. The van der Waals surface area contributed by atoms with Gasteiger partial charge in [-0.25, -0.2) is 4.39 Å². The van der Waals surface area contributed by atoms with Crippen LogP contribution in [0.4, 0.5) is 10.1 Å². The van der Waals surface area contributed by atoms with Gasteiger partial charge in [0.25, 0.3) is 0 Å². The van der Waals surface area contributed by atoms with Gasteiger partial charge in [0.2, 0.25) is 0 Å². The van der Waals surface area contributed by atoms with E-state index < -0.39 is 16.4 Å². The van der Waals surface area contributed by atoms with Crippen LogP contribution in [0, 0.1) is 22.9 Å². The van der Waals surface area contributed by atoms with Gasteiger partial charge in [-0.1, -0.05) is 0 Å². The summed E-state index contributed by atoms with van der Waals surface area (Å²) in [6.45, 7) is 3.82. The van der Waals surface area contributed by atoms with Gasteiger partial charge in [0.05, 0.1) is 11.0 Å². The minimum Gasteiger partial charge on any atom is -0.502 e. The Morgan fingerprint density at radius 1 is 1.27 bits per heavy atom. The maximum absolute atomic E-state index is 13.0. The van der Waals surface area contributed by atoms with Crippen molar-refractivity contribution in [2.24, 2.45) is 0 Å². The molecule has 22 heavy (non-hydrogen) atoms. The smallest absolute Gasteiger partial charge is 0.314 e. The molecule has 3 aromatic rings. The number of nitro groups is 1. The molecule has 0 saturated carbocycles. The van der Waals surface area contributed by atoms with Crippen molar-refractivity contribution in [2.75, 3.05) is 0 Å². The number of phenols is 1. The molecule has 0 aliphatic heterocycles. The lowest BCUT2D eigenvalue weighted by molar-refractivity contribution is -0.385. The second kappa shape index (κ2) is 5.14. The van der Waals surface area contributed by atoms with Crippen LogP contribution < -0.4 is 0 Å². The van der Waals surface area contributed by atoms with Gasteiger partial charge in [0, 0.05) is 16.5 Å². The van der Waals surface area contributed by atoms with Crippen LogP contribution in [0.15, 0.2) is 40.8 Å². The van der Waals surface area contributed by atoms with Crippen molar-refractivity contribution in [3.05, 3.63) is 64.8 Å². The van der Waals surface area contributed by atoms with Crippen LogP contribution in [0.1, 0.15) is 5.56 Å². The van der Waals surface area contributed by atoms with Gasteiger partial charge in [0.1, 0.15) is 17.2 Å². The molecule has 1 N–H and O–H groups in total. The molecule has 0 unspecified atom stereocenters. The first-order valence-corrected chi connectivity index (χ1v) is 6.49. The van der Waals surface area contributed by atoms with E-state index in [1.54, 1.807) is 12.1 Å². The molecule has 111 valence electrons. The van der Waals surface area contributed by atoms with Gasteiger partial charge >= 0.3 is 5.69 Å². The number of hydrogen-bond acceptors (Lipinski definition) is 4. The summed E-state index contributed by atoms with van der Waals surface area (Å²) in [5, 5.41) is 21.2. The number of phenolic OH excluding ortho intramolecular Hbond substituents is 1. The molecule has 0 saturated heterocycles. The lowest BCUT2D eigenvalue weighted by Gasteiger charge is -2.00. The normalized spacial score (nSPS) is 11.0. The Kier molecular flexibility index (Phi) is 3.29. The van der Waals surface area contributed by atoms with E-state index in [2.05, 4.69) is 6.92 Å². The molecule has 1 heterocycles. The zero-order chi connectivity index (χ0) is 15.9. The molecular formula is C16H11FNO4. The van der Waals surface area contributed by atoms with Crippen LogP contribution in [-0.4, -0.2) is 10.0 Å². The molecule has 1 radical (unpaired) electrons. The molecule has 1 aromatic heterocycles. The highest BCUT2D eigenvalue weighted by Gasteiger charge is 2.21. The van der Waals surface area contributed by atoms with Crippen LogP contribution in [-0.2, 0) is 6.42 Å². The number of aromatic hydroxyl groups is 1. The molecule has 0 bridgehead atoms. The molecule has 0 fully saturated rings. The minimum atomic E-state index is -0.682. The summed E-state index contributed by atoms with van der Waals surface area (Å²) < 4.78 is 18.7. The average molecular weight is 300 g/mol. The number of fused-ring (bicyclic) bond motifs is 1. The second-order valence-electron chi connectivity index (χ2n) is 4.76. The molecule has 2 aromatic carbocycles. The highest BCUT2D eigenvalue weighted by atomic mass is 19.1. The fourth-order valence-corrected chi connectivity index (χ4v) is 2.40. The Labute approximate surface area is 124 Å². The van der Waals surface area contributed by atoms with Crippen LogP contribution in [0.2, 0.25) is 0 Å². The topological polar surface area (TPSA) is 76.5 Å². The molecule has 0 spiro atoms. The quantitative estimate of drug-likeness (QED) is 0.580. The van der Waals surface area contributed by atoms with E-state index in [9.17, 15) is 19.6 Å². The molecule has 5 nitrogen and oxygen atoms in total. The van der Waals surface area contributed by atoms with Crippen molar-refractivity contribution >= 4 is 16.7 Å². The maximum Gasteiger partial charge on any atom is 0.314 e. The fraction of sp³-hybridized carbons (Fsp3) is 0.0625. The molecule has 6 heteroatoms. The van der Waals surface area contributed by atoms with Crippen LogP contribution in [0.25, 0.3) is 22.3 Å². The molecule has 0 atom stereocenters. The summed E-state index contributed by atoms with van der Waals surface area (Å²) in [4.78, 5) is 10.2. The van der Waals surface area contributed by atoms with E-state index in [1.807, 2.05) is 0 Å². The summed E-state index contributed by atoms with van der Waals surface area (Å²) in [6, 6.07) is 8.19. The van der Waals surface area contributed by atoms with Gasteiger partial charge in [-0.15, -0.1) is 0 Å². The number of nitrogens with zero attached hydrogens (tertiary/aromatic N) is 1. The maximum atomic E-state index is 13.0. The summed E-state index contributed by atoms with van der Waals surface area (Å²) in [6.07, 6.45) is 0.358. The Balaban J connectivity index is 2.27. The monoisotopic (exact) mass is 300 g/mol. The fourth-order valence-electron chi connectivity index (χ4n) is 2.40. The molecule has 3 rings (SSSR count). The number of nitro benzene ring substituents is 1. The lowest BCUT2D eigenvalue weighted by atomic mass is 10.0. The lowest BCUT2D eigenvalue weighted by Crippen LogP contribution is -1.88. The number of halogens is 1. The molecule has 0 aliphatic carbocycles. The standard InChI is InChI=1S/C16H11FNO4/c1-2-11-12-7-14(19)13(18(20)21)8-15(12)22-16(11)9-3-5-10(17)6-4-9/h3-8,19H,1-2H2. The third kappa shape index (κ3) is 2.18. The second-order valence-corrected chi connectivity index (χ2v) is 4.76.